The van der Waals surface area contributed by atoms with E-state index in [2.05, 4.69) is 43.4 Å². The van der Waals surface area contributed by atoms with Gasteiger partial charge in [-0.25, -0.2) is 5.43 Å². The number of rotatable bonds is 7. The Morgan fingerprint density at radius 2 is 1.77 bits per heavy atom. The van der Waals surface area contributed by atoms with Crippen molar-refractivity contribution in [3.05, 3.63) is 64.2 Å². The lowest BCUT2D eigenvalue weighted by atomic mass is 9.99. The van der Waals surface area contributed by atoms with Crippen LogP contribution in [0.5, 0.6) is 5.75 Å². The highest BCUT2D eigenvalue weighted by atomic mass is 16.5. The standard InChI is InChI=1S/C22H28N2O2/c1-6-16(3)19-7-9-20(10-8-19)26-14-22(25)24-23-13-21-17(4)11-15(2)12-18(21)5/h7-13,16H,6,14H2,1-5H3,(H,24,25). The van der Waals surface area contributed by atoms with E-state index in [1.165, 1.54) is 11.1 Å². The Morgan fingerprint density at radius 1 is 1.15 bits per heavy atom. The Hall–Kier alpha value is -2.62. The van der Waals surface area contributed by atoms with Gasteiger partial charge in [-0.15, -0.1) is 0 Å². The molecule has 0 bridgehead atoms. The van der Waals surface area contributed by atoms with Crippen molar-refractivity contribution in [2.45, 2.75) is 47.0 Å². The summed E-state index contributed by atoms with van der Waals surface area (Å²) in [5.41, 5.74) is 8.31. The summed E-state index contributed by atoms with van der Waals surface area (Å²) in [5, 5.41) is 4.05. The van der Waals surface area contributed by atoms with Crippen molar-refractivity contribution in [2.75, 3.05) is 6.61 Å². The molecule has 0 aliphatic rings. The smallest absolute Gasteiger partial charge is 0.277 e. The molecule has 1 amide bonds. The topological polar surface area (TPSA) is 50.7 Å². The minimum atomic E-state index is -0.283. The van der Waals surface area contributed by atoms with Gasteiger partial charge in [0, 0.05) is 5.56 Å². The number of benzene rings is 2. The third kappa shape index (κ3) is 5.45. The molecule has 26 heavy (non-hydrogen) atoms. The first-order chi connectivity index (χ1) is 12.4. The van der Waals surface area contributed by atoms with Gasteiger partial charge in [0.15, 0.2) is 6.61 Å². The fourth-order valence-electron chi connectivity index (χ4n) is 2.87. The van der Waals surface area contributed by atoms with Gasteiger partial charge in [0.2, 0.25) is 0 Å². The van der Waals surface area contributed by atoms with Crippen molar-refractivity contribution < 1.29 is 9.53 Å². The van der Waals surface area contributed by atoms with Gasteiger partial charge in [0.25, 0.3) is 5.91 Å². The normalized spacial score (nSPS) is 12.2. The predicted molar refractivity (Wildman–Crippen MR) is 107 cm³/mol. The monoisotopic (exact) mass is 352 g/mol. The second kappa shape index (κ2) is 9.18. The second-order valence-corrected chi connectivity index (χ2v) is 6.77. The number of hydrazone groups is 1. The fraction of sp³-hybridized carbons (Fsp3) is 0.364. The molecule has 138 valence electrons. The van der Waals surface area contributed by atoms with Crippen LogP contribution in [0.25, 0.3) is 0 Å². The highest BCUT2D eigenvalue weighted by molar-refractivity contribution is 5.85. The van der Waals surface area contributed by atoms with E-state index in [1.54, 1.807) is 6.21 Å². The highest BCUT2D eigenvalue weighted by Gasteiger charge is 2.05. The molecule has 2 aromatic carbocycles. The third-order valence-electron chi connectivity index (χ3n) is 4.55. The van der Waals surface area contributed by atoms with Gasteiger partial charge >= 0.3 is 0 Å². The average Bonchev–Trinajstić information content (AvgIpc) is 2.62. The number of nitrogens with zero attached hydrogens (tertiary/aromatic N) is 1. The maximum Gasteiger partial charge on any atom is 0.277 e. The molecule has 4 nitrogen and oxygen atoms in total. The van der Waals surface area contributed by atoms with Crippen LogP contribution < -0.4 is 10.2 Å². The van der Waals surface area contributed by atoms with E-state index in [0.29, 0.717) is 11.7 Å². The van der Waals surface area contributed by atoms with E-state index in [9.17, 15) is 4.79 Å². The van der Waals surface area contributed by atoms with Crippen LogP contribution in [0.3, 0.4) is 0 Å². The summed E-state index contributed by atoms with van der Waals surface area (Å²) in [6.07, 6.45) is 2.78. The largest absolute Gasteiger partial charge is 0.484 e. The number of aryl methyl sites for hydroxylation is 3. The lowest BCUT2D eigenvalue weighted by Crippen LogP contribution is -2.24. The van der Waals surface area contributed by atoms with E-state index >= 15 is 0 Å². The van der Waals surface area contributed by atoms with Crippen LogP contribution in [0.2, 0.25) is 0 Å². The summed E-state index contributed by atoms with van der Waals surface area (Å²) in [6, 6.07) is 12.1. The molecule has 1 unspecified atom stereocenters. The van der Waals surface area contributed by atoms with Gasteiger partial charge in [-0.05, 0) is 61.9 Å². The first kappa shape index (κ1) is 19.7. The first-order valence-corrected chi connectivity index (χ1v) is 9.03. The lowest BCUT2D eigenvalue weighted by Gasteiger charge is -2.10. The number of amides is 1. The van der Waals surface area contributed by atoms with E-state index in [0.717, 1.165) is 23.1 Å². The summed E-state index contributed by atoms with van der Waals surface area (Å²) in [4.78, 5) is 11.9. The van der Waals surface area contributed by atoms with E-state index in [-0.39, 0.29) is 12.5 Å². The molecular formula is C22H28N2O2. The molecule has 0 heterocycles. The number of ether oxygens (including phenoxy) is 1. The second-order valence-electron chi connectivity index (χ2n) is 6.77. The molecule has 0 aliphatic carbocycles. The molecule has 4 heteroatoms. The third-order valence-corrected chi connectivity index (χ3v) is 4.55. The highest BCUT2D eigenvalue weighted by Crippen LogP contribution is 2.21. The summed E-state index contributed by atoms with van der Waals surface area (Å²) in [6.45, 7) is 10.4. The first-order valence-electron chi connectivity index (χ1n) is 9.03. The number of hydrogen-bond acceptors (Lipinski definition) is 3. The Morgan fingerprint density at radius 3 is 2.35 bits per heavy atom. The Balaban J connectivity index is 1.86. The zero-order valence-electron chi connectivity index (χ0n) is 16.3. The van der Waals surface area contributed by atoms with Crippen LogP contribution in [0, 0.1) is 20.8 Å². The minimum Gasteiger partial charge on any atom is -0.484 e. The summed E-state index contributed by atoms with van der Waals surface area (Å²) in [5.74, 6) is 0.923. The number of carbonyl (C=O) groups excluding carboxylic acids is 1. The summed E-state index contributed by atoms with van der Waals surface area (Å²) >= 11 is 0. The average molecular weight is 352 g/mol. The molecule has 0 spiro atoms. The molecule has 2 rings (SSSR count). The van der Waals surface area contributed by atoms with Crippen LogP contribution in [-0.2, 0) is 4.79 Å². The maximum atomic E-state index is 11.9. The van der Waals surface area contributed by atoms with Gasteiger partial charge in [0.1, 0.15) is 5.75 Å². The van der Waals surface area contributed by atoms with Gasteiger partial charge in [-0.1, -0.05) is 43.7 Å². The van der Waals surface area contributed by atoms with Crippen LogP contribution in [0.1, 0.15) is 54.0 Å². The Labute approximate surface area is 156 Å². The lowest BCUT2D eigenvalue weighted by molar-refractivity contribution is -0.123. The molecular weight excluding hydrogens is 324 g/mol. The van der Waals surface area contributed by atoms with Crippen LogP contribution >= 0.6 is 0 Å². The molecule has 1 N–H and O–H groups in total. The van der Waals surface area contributed by atoms with Crippen molar-refractivity contribution in [1.29, 1.82) is 0 Å². The van der Waals surface area contributed by atoms with Crippen molar-refractivity contribution in [1.82, 2.24) is 5.43 Å². The molecule has 0 radical (unpaired) electrons. The zero-order valence-corrected chi connectivity index (χ0v) is 16.3. The molecule has 0 saturated carbocycles. The maximum absolute atomic E-state index is 11.9. The SMILES string of the molecule is CCC(C)c1ccc(OCC(=O)NN=Cc2c(C)cc(C)cc2C)cc1. The molecule has 0 aliphatic heterocycles. The summed E-state index contributed by atoms with van der Waals surface area (Å²) < 4.78 is 5.52. The van der Waals surface area contributed by atoms with Crippen LogP contribution in [0.15, 0.2) is 41.5 Å². The summed E-state index contributed by atoms with van der Waals surface area (Å²) in [7, 11) is 0. The van der Waals surface area contributed by atoms with E-state index < -0.39 is 0 Å². The minimum absolute atomic E-state index is 0.0636. The number of carbonyl (C=O) groups is 1. The quantitative estimate of drug-likeness (QED) is 0.582. The number of nitrogens with one attached hydrogen (secondary N) is 1. The molecule has 0 saturated heterocycles. The fourth-order valence-corrected chi connectivity index (χ4v) is 2.87. The van der Waals surface area contributed by atoms with Gasteiger partial charge < -0.3 is 4.74 Å². The van der Waals surface area contributed by atoms with E-state index in [1.807, 2.05) is 38.1 Å². The van der Waals surface area contributed by atoms with Gasteiger partial charge in [-0.2, -0.15) is 5.10 Å². The number of hydrogen-bond donors (Lipinski definition) is 1. The Bertz CT molecular complexity index is 756. The van der Waals surface area contributed by atoms with Crippen LogP contribution in [0.4, 0.5) is 0 Å². The molecule has 0 aromatic heterocycles. The van der Waals surface area contributed by atoms with Crippen molar-refractivity contribution in [3.63, 3.8) is 0 Å². The van der Waals surface area contributed by atoms with Crippen molar-refractivity contribution >= 4 is 12.1 Å². The molecule has 1 atom stereocenters. The zero-order chi connectivity index (χ0) is 19.1. The Kier molecular flexibility index (Phi) is 6.96. The van der Waals surface area contributed by atoms with Crippen molar-refractivity contribution in [2.24, 2.45) is 5.10 Å². The van der Waals surface area contributed by atoms with E-state index in [4.69, 9.17) is 4.74 Å². The predicted octanol–water partition coefficient (Wildman–Crippen LogP) is 4.65. The molecule has 0 fully saturated rings. The molecule has 2 aromatic rings. The van der Waals surface area contributed by atoms with Gasteiger partial charge in [0.05, 0.1) is 6.21 Å². The van der Waals surface area contributed by atoms with Gasteiger partial charge in [-0.3, -0.25) is 4.79 Å². The van der Waals surface area contributed by atoms with Crippen molar-refractivity contribution in [3.8, 4) is 5.75 Å². The van der Waals surface area contributed by atoms with Crippen LogP contribution in [-0.4, -0.2) is 18.7 Å².